The lowest BCUT2D eigenvalue weighted by Gasteiger charge is -2.49. The summed E-state index contributed by atoms with van der Waals surface area (Å²) in [6, 6.07) is 0. The summed E-state index contributed by atoms with van der Waals surface area (Å²) in [4.78, 5) is 0. The Kier molecular flexibility index (Phi) is 4.66. The van der Waals surface area contributed by atoms with Gasteiger partial charge in [0.15, 0.2) is 0 Å². The van der Waals surface area contributed by atoms with Gasteiger partial charge in [0, 0.05) is 20.2 Å². The highest BCUT2D eigenvalue weighted by Gasteiger charge is 2.43. The van der Waals surface area contributed by atoms with Crippen LogP contribution in [0.4, 0.5) is 0 Å². The number of methoxy groups -OCH3 is 1. The fraction of sp³-hybridized carbons (Fsp3) is 1.00. The highest BCUT2D eigenvalue weighted by atomic mass is 16.5. The molecule has 0 aromatic rings. The predicted octanol–water partition coefficient (Wildman–Crippen LogP) is 2.97. The maximum Gasteiger partial charge on any atom is 0.0587 e. The van der Waals surface area contributed by atoms with E-state index >= 15 is 0 Å². The average molecular weight is 225 g/mol. The van der Waals surface area contributed by atoms with Crippen molar-refractivity contribution >= 4 is 0 Å². The molecule has 2 aliphatic carbocycles. The maximum absolute atomic E-state index is 5.09. The highest BCUT2D eigenvalue weighted by Crippen LogP contribution is 2.51. The zero-order valence-corrected chi connectivity index (χ0v) is 10.8. The summed E-state index contributed by atoms with van der Waals surface area (Å²) in [7, 11) is 1.78. The Morgan fingerprint density at radius 2 is 1.88 bits per heavy atom. The van der Waals surface area contributed by atoms with E-state index < -0.39 is 0 Å². The van der Waals surface area contributed by atoms with E-state index in [1.807, 2.05) is 0 Å². The molecule has 2 rings (SSSR count). The Morgan fingerprint density at radius 3 is 2.44 bits per heavy atom. The zero-order chi connectivity index (χ0) is 11.3. The quantitative estimate of drug-likeness (QED) is 0.702. The van der Waals surface area contributed by atoms with Crippen LogP contribution in [0.15, 0.2) is 0 Å². The largest absolute Gasteiger partial charge is 0.383 e. The van der Waals surface area contributed by atoms with E-state index in [9.17, 15) is 0 Å². The first-order valence-corrected chi connectivity index (χ1v) is 7.07. The van der Waals surface area contributed by atoms with Crippen molar-refractivity contribution in [2.75, 3.05) is 26.8 Å². The molecule has 2 saturated carbocycles. The van der Waals surface area contributed by atoms with Gasteiger partial charge in [0.1, 0.15) is 0 Å². The number of hydrogen-bond acceptors (Lipinski definition) is 2. The van der Waals surface area contributed by atoms with E-state index in [1.54, 1.807) is 7.11 Å². The standard InChI is InChI=1S/C14H27NO/c1-16-11-10-15-12-14(8-5-9-14)13-6-3-2-4-7-13/h13,15H,2-12H2,1H3. The van der Waals surface area contributed by atoms with Crippen LogP contribution >= 0.6 is 0 Å². The molecular formula is C14H27NO. The second-order valence-corrected chi connectivity index (χ2v) is 5.72. The van der Waals surface area contributed by atoms with Crippen molar-refractivity contribution in [3.8, 4) is 0 Å². The molecule has 0 aromatic carbocycles. The first-order chi connectivity index (χ1) is 7.87. The first-order valence-electron chi connectivity index (χ1n) is 7.07. The smallest absolute Gasteiger partial charge is 0.0587 e. The molecular weight excluding hydrogens is 198 g/mol. The van der Waals surface area contributed by atoms with Gasteiger partial charge in [-0.3, -0.25) is 0 Å². The first kappa shape index (κ1) is 12.4. The molecule has 0 heterocycles. The van der Waals surface area contributed by atoms with Crippen LogP contribution in [-0.4, -0.2) is 26.8 Å². The third-order valence-corrected chi connectivity index (χ3v) is 4.78. The fourth-order valence-electron chi connectivity index (χ4n) is 3.59. The lowest BCUT2D eigenvalue weighted by Crippen LogP contribution is -2.46. The van der Waals surface area contributed by atoms with Crippen LogP contribution in [0.2, 0.25) is 0 Å². The molecule has 0 bridgehead atoms. The zero-order valence-electron chi connectivity index (χ0n) is 10.8. The van der Waals surface area contributed by atoms with E-state index in [-0.39, 0.29) is 0 Å². The molecule has 1 N–H and O–H groups in total. The Bertz CT molecular complexity index is 195. The number of rotatable bonds is 6. The van der Waals surface area contributed by atoms with Gasteiger partial charge in [-0.1, -0.05) is 25.7 Å². The normalized spacial score (nSPS) is 25.3. The van der Waals surface area contributed by atoms with Crippen LogP contribution in [0.5, 0.6) is 0 Å². The Balaban J connectivity index is 1.76. The number of nitrogens with one attached hydrogen (secondary N) is 1. The Labute approximate surface area is 100 Å². The van der Waals surface area contributed by atoms with E-state index in [4.69, 9.17) is 4.74 Å². The van der Waals surface area contributed by atoms with Crippen LogP contribution in [0.1, 0.15) is 51.4 Å². The van der Waals surface area contributed by atoms with Crippen LogP contribution in [0, 0.1) is 11.3 Å². The van der Waals surface area contributed by atoms with E-state index in [1.165, 1.54) is 57.9 Å². The van der Waals surface area contributed by atoms with Crippen molar-refractivity contribution in [3.63, 3.8) is 0 Å². The van der Waals surface area contributed by atoms with Gasteiger partial charge in [0.2, 0.25) is 0 Å². The van der Waals surface area contributed by atoms with Crippen molar-refractivity contribution in [2.45, 2.75) is 51.4 Å². The third-order valence-electron chi connectivity index (χ3n) is 4.78. The van der Waals surface area contributed by atoms with Gasteiger partial charge in [0.05, 0.1) is 6.61 Å². The Morgan fingerprint density at radius 1 is 1.12 bits per heavy atom. The van der Waals surface area contributed by atoms with Gasteiger partial charge in [0.25, 0.3) is 0 Å². The highest BCUT2D eigenvalue weighted by molar-refractivity contribution is 4.95. The molecule has 0 saturated heterocycles. The minimum absolute atomic E-state index is 0.675. The van der Waals surface area contributed by atoms with Gasteiger partial charge in [-0.25, -0.2) is 0 Å². The molecule has 94 valence electrons. The molecule has 2 nitrogen and oxygen atoms in total. The molecule has 2 fully saturated rings. The summed E-state index contributed by atoms with van der Waals surface area (Å²) < 4.78 is 5.09. The molecule has 0 radical (unpaired) electrons. The van der Waals surface area contributed by atoms with Crippen LogP contribution in [0.25, 0.3) is 0 Å². The molecule has 0 amide bonds. The summed E-state index contributed by atoms with van der Waals surface area (Å²) in [5, 5.41) is 3.60. The SMILES string of the molecule is COCCNCC1(C2CCCCC2)CCC1. The molecule has 2 aliphatic rings. The predicted molar refractivity (Wildman–Crippen MR) is 67.6 cm³/mol. The Hall–Kier alpha value is -0.0800. The molecule has 0 atom stereocenters. The summed E-state index contributed by atoms with van der Waals surface area (Å²) in [5.41, 5.74) is 0.675. The average Bonchev–Trinajstić information content (AvgIpc) is 2.28. The number of ether oxygens (including phenoxy) is 1. The molecule has 2 heteroatoms. The molecule has 0 spiro atoms. The maximum atomic E-state index is 5.09. The second-order valence-electron chi connectivity index (χ2n) is 5.72. The van der Waals surface area contributed by atoms with E-state index in [0.717, 1.165) is 19.1 Å². The minimum Gasteiger partial charge on any atom is -0.383 e. The topological polar surface area (TPSA) is 21.3 Å². The monoisotopic (exact) mass is 225 g/mol. The number of hydrogen-bond donors (Lipinski definition) is 1. The summed E-state index contributed by atoms with van der Waals surface area (Å²) >= 11 is 0. The second kappa shape index (κ2) is 6.02. The molecule has 0 aliphatic heterocycles. The van der Waals surface area contributed by atoms with Gasteiger partial charge < -0.3 is 10.1 Å². The molecule has 0 unspecified atom stereocenters. The van der Waals surface area contributed by atoms with Gasteiger partial charge in [-0.2, -0.15) is 0 Å². The van der Waals surface area contributed by atoms with Crippen LogP contribution in [-0.2, 0) is 4.74 Å². The third kappa shape index (κ3) is 2.78. The lowest BCUT2D eigenvalue weighted by molar-refractivity contribution is 0.0248. The van der Waals surface area contributed by atoms with Gasteiger partial charge in [-0.15, -0.1) is 0 Å². The van der Waals surface area contributed by atoms with Crippen molar-refractivity contribution in [2.24, 2.45) is 11.3 Å². The minimum atomic E-state index is 0.675. The lowest BCUT2D eigenvalue weighted by atomic mass is 9.57. The van der Waals surface area contributed by atoms with Crippen molar-refractivity contribution in [1.82, 2.24) is 5.32 Å². The van der Waals surface area contributed by atoms with Crippen molar-refractivity contribution in [3.05, 3.63) is 0 Å². The molecule has 16 heavy (non-hydrogen) atoms. The van der Waals surface area contributed by atoms with Crippen LogP contribution in [0.3, 0.4) is 0 Å². The summed E-state index contributed by atoms with van der Waals surface area (Å²) in [5.74, 6) is 1.02. The van der Waals surface area contributed by atoms with Gasteiger partial charge >= 0.3 is 0 Å². The fourth-order valence-corrected chi connectivity index (χ4v) is 3.59. The summed E-state index contributed by atoms with van der Waals surface area (Å²) in [6.07, 6.45) is 11.8. The molecule has 0 aromatic heterocycles. The summed E-state index contributed by atoms with van der Waals surface area (Å²) in [6.45, 7) is 3.10. The van der Waals surface area contributed by atoms with Crippen LogP contribution < -0.4 is 5.32 Å². The van der Waals surface area contributed by atoms with E-state index in [0.29, 0.717) is 5.41 Å². The van der Waals surface area contributed by atoms with E-state index in [2.05, 4.69) is 5.32 Å². The van der Waals surface area contributed by atoms with Crippen molar-refractivity contribution < 1.29 is 4.74 Å². The van der Waals surface area contributed by atoms with Crippen molar-refractivity contribution in [1.29, 1.82) is 0 Å². The van der Waals surface area contributed by atoms with Gasteiger partial charge in [-0.05, 0) is 37.0 Å².